The third kappa shape index (κ3) is 5.79. The molecular weight excluding hydrogens is 358 g/mol. The maximum Gasteiger partial charge on any atom is 0.250 e. The van der Waals surface area contributed by atoms with Crippen LogP contribution < -0.4 is 8.85 Å². The fourth-order valence-electron chi connectivity index (χ4n) is 1.85. The van der Waals surface area contributed by atoms with Crippen molar-refractivity contribution in [2.45, 2.75) is 84.4 Å². The van der Waals surface area contributed by atoms with Crippen molar-refractivity contribution in [3.8, 4) is 11.5 Å². The van der Waals surface area contributed by atoms with Crippen LogP contribution in [-0.4, -0.2) is 16.6 Å². The van der Waals surface area contributed by atoms with Gasteiger partial charge in [-0.15, -0.1) is 0 Å². The second-order valence-electron chi connectivity index (χ2n) is 9.93. The normalized spacial score (nSPS) is 13.2. The van der Waals surface area contributed by atoms with E-state index >= 15 is 0 Å². The quantitative estimate of drug-likeness (QED) is 0.221. The molecule has 0 unspecified atom stereocenters. The highest BCUT2D eigenvalue weighted by Gasteiger charge is 2.40. The molecule has 0 saturated carbocycles. The number of nitrogens with zero attached hydrogens (tertiary/aromatic N) is 3. The van der Waals surface area contributed by atoms with E-state index in [1.165, 1.54) is 0 Å². The van der Waals surface area contributed by atoms with Gasteiger partial charge in [-0.3, -0.25) is 0 Å². The average Bonchev–Trinajstić information content (AvgIpc) is 2.41. The van der Waals surface area contributed by atoms with Crippen molar-refractivity contribution >= 4 is 16.6 Å². The Bertz CT molecular complexity index is 637. The van der Waals surface area contributed by atoms with Crippen LogP contribution in [-0.2, 0) is 6.54 Å². The smallest absolute Gasteiger partial charge is 0.250 e. The Morgan fingerprint density at radius 2 is 1.23 bits per heavy atom. The summed E-state index contributed by atoms with van der Waals surface area (Å²) in [5.41, 5.74) is 9.57. The van der Waals surface area contributed by atoms with E-state index in [4.69, 9.17) is 14.4 Å². The van der Waals surface area contributed by atoms with Crippen LogP contribution in [0.3, 0.4) is 0 Å². The van der Waals surface area contributed by atoms with E-state index in [0.29, 0.717) is 6.54 Å². The van der Waals surface area contributed by atoms with Gasteiger partial charge in [-0.05, 0) is 59.5 Å². The molecule has 0 aliphatic carbocycles. The summed E-state index contributed by atoms with van der Waals surface area (Å²) in [7, 11) is -3.93. The van der Waals surface area contributed by atoms with Gasteiger partial charge in [0.2, 0.25) is 16.6 Å². The van der Waals surface area contributed by atoms with Crippen LogP contribution in [0.2, 0.25) is 36.3 Å². The van der Waals surface area contributed by atoms with Crippen LogP contribution in [0.15, 0.2) is 23.3 Å². The standard InChI is InChI=1S/C19H35N3O2Si2/c1-18(2,3)25(7,8)23-16-11-15(14-21-22-20)12-17(13-16)24-26(9,10)19(4,5)6/h11-13H,14H2,1-10H3. The average molecular weight is 394 g/mol. The van der Waals surface area contributed by atoms with Gasteiger partial charge < -0.3 is 8.85 Å². The van der Waals surface area contributed by atoms with Crippen molar-refractivity contribution < 1.29 is 8.85 Å². The molecule has 0 heterocycles. The molecule has 0 bridgehead atoms. The summed E-state index contributed by atoms with van der Waals surface area (Å²) in [5, 5.41) is 3.92. The molecule has 0 aliphatic rings. The molecule has 1 aromatic rings. The molecular formula is C19H35N3O2Si2. The SMILES string of the molecule is CC(C)(C)[Si](C)(C)Oc1cc(CN=[N+]=[N-])cc(O[Si](C)(C)C(C)(C)C)c1. The van der Waals surface area contributed by atoms with Crippen molar-refractivity contribution in [3.63, 3.8) is 0 Å². The van der Waals surface area contributed by atoms with Gasteiger partial charge in [0.1, 0.15) is 11.5 Å². The summed E-state index contributed by atoms with van der Waals surface area (Å²) < 4.78 is 12.9. The van der Waals surface area contributed by atoms with Gasteiger partial charge >= 0.3 is 0 Å². The summed E-state index contributed by atoms with van der Waals surface area (Å²) in [4.78, 5) is 2.88. The van der Waals surface area contributed by atoms with Crippen LogP contribution in [0.5, 0.6) is 11.5 Å². The van der Waals surface area contributed by atoms with Crippen LogP contribution in [0, 0.1) is 0 Å². The number of rotatable bonds is 6. The Morgan fingerprint density at radius 1 is 0.846 bits per heavy atom. The van der Waals surface area contributed by atoms with Gasteiger partial charge in [0.05, 0.1) is 6.54 Å². The Morgan fingerprint density at radius 3 is 1.54 bits per heavy atom. The lowest BCUT2D eigenvalue weighted by molar-refractivity contribution is 0.473. The van der Waals surface area contributed by atoms with E-state index in [1.54, 1.807) is 0 Å². The lowest BCUT2D eigenvalue weighted by Gasteiger charge is -2.38. The molecule has 26 heavy (non-hydrogen) atoms. The molecule has 146 valence electrons. The zero-order valence-corrected chi connectivity index (χ0v) is 20.1. The number of hydrogen-bond donors (Lipinski definition) is 0. The third-order valence-electron chi connectivity index (χ3n) is 5.61. The van der Waals surface area contributed by atoms with Gasteiger partial charge in [-0.1, -0.05) is 46.7 Å². The van der Waals surface area contributed by atoms with Gasteiger partial charge in [0.25, 0.3) is 0 Å². The Balaban J connectivity index is 3.29. The maximum absolute atomic E-state index is 8.66. The highest BCUT2D eigenvalue weighted by Crippen LogP contribution is 2.40. The molecule has 1 rings (SSSR count). The maximum atomic E-state index is 8.66. The highest BCUT2D eigenvalue weighted by molar-refractivity contribution is 6.75. The molecule has 7 heteroatoms. The number of azide groups is 1. The number of hydrogen-bond acceptors (Lipinski definition) is 3. The Hall–Kier alpha value is -1.44. The molecule has 5 nitrogen and oxygen atoms in total. The van der Waals surface area contributed by atoms with Crippen LogP contribution in [0.4, 0.5) is 0 Å². The molecule has 0 aromatic heterocycles. The first-order valence-electron chi connectivity index (χ1n) is 9.12. The second-order valence-corrected chi connectivity index (χ2v) is 19.4. The Kier molecular flexibility index (Phi) is 6.66. The minimum absolute atomic E-state index is 0.105. The topological polar surface area (TPSA) is 67.2 Å². The first-order valence-corrected chi connectivity index (χ1v) is 14.9. The zero-order chi connectivity index (χ0) is 20.4. The third-order valence-corrected chi connectivity index (χ3v) is 14.3. The lowest BCUT2D eigenvalue weighted by atomic mass is 10.2. The van der Waals surface area contributed by atoms with E-state index in [1.807, 2.05) is 18.2 Å². The van der Waals surface area contributed by atoms with Crippen LogP contribution >= 0.6 is 0 Å². The fourth-order valence-corrected chi connectivity index (χ4v) is 3.88. The second kappa shape index (κ2) is 7.66. The summed E-state index contributed by atoms with van der Waals surface area (Å²) in [6, 6.07) is 5.92. The van der Waals surface area contributed by atoms with Crippen molar-refractivity contribution in [1.82, 2.24) is 0 Å². The summed E-state index contributed by atoms with van der Waals surface area (Å²) in [6.45, 7) is 22.5. The van der Waals surface area contributed by atoms with Crippen molar-refractivity contribution in [2.24, 2.45) is 5.11 Å². The fraction of sp³-hybridized carbons (Fsp3) is 0.684. The van der Waals surface area contributed by atoms with Gasteiger partial charge in [0.15, 0.2) is 0 Å². The van der Waals surface area contributed by atoms with E-state index in [9.17, 15) is 0 Å². The molecule has 0 saturated heterocycles. The van der Waals surface area contributed by atoms with Gasteiger partial charge in [-0.25, -0.2) is 0 Å². The monoisotopic (exact) mass is 393 g/mol. The predicted molar refractivity (Wildman–Crippen MR) is 115 cm³/mol. The first-order chi connectivity index (χ1) is 11.6. The van der Waals surface area contributed by atoms with Gasteiger partial charge in [0, 0.05) is 11.0 Å². The van der Waals surface area contributed by atoms with E-state index in [0.717, 1.165) is 17.1 Å². The van der Waals surface area contributed by atoms with Crippen LogP contribution in [0.1, 0.15) is 47.1 Å². The van der Waals surface area contributed by atoms with E-state index in [-0.39, 0.29) is 10.1 Å². The van der Waals surface area contributed by atoms with E-state index < -0.39 is 16.6 Å². The molecule has 0 N–H and O–H groups in total. The van der Waals surface area contributed by atoms with E-state index in [2.05, 4.69) is 77.8 Å². The largest absolute Gasteiger partial charge is 0.543 e. The molecule has 0 fully saturated rings. The molecule has 0 atom stereocenters. The molecule has 0 spiro atoms. The zero-order valence-electron chi connectivity index (χ0n) is 18.1. The van der Waals surface area contributed by atoms with Crippen molar-refractivity contribution in [3.05, 3.63) is 34.2 Å². The molecule has 1 aromatic carbocycles. The van der Waals surface area contributed by atoms with Gasteiger partial charge in [-0.2, -0.15) is 0 Å². The molecule has 0 aliphatic heterocycles. The summed E-state index contributed by atoms with van der Waals surface area (Å²) >= 11 is 0. The van der Waals surface area contributed by atoms with Crippen LogP contribution in [0.25, 0.3) is 10.4 Å². The molecule has 0 radical (unpaired) electrons. The number of benzene rings is 1. The summed E-state index contributed by atoms with van der Waals surface area (Å²) in [6.07, 6.45) is 0. The minimum Gasteiger partial charge on any atom is -0.543 e. The first kappa shape index (κ1) is 22.6. The minimum atomic E-state index is -1.97. The molecule has 0 amide bonds. The summed E-state index contributed by atoms with van der Waals surface area (Å²) in [5.74, 6) is 1.60. The van der Waals surface area contributed by atoms with Crippen molar-refractivity contribution in [1.29, 1.82) is 0 Å². The van der Waals surface area contributed by atoms with Crippen molar-refractivity contribution in [2.75, 3.05) is 0 Å². The lowest BCUT2D eigenvalue weighted by Crippen LogP contribution is -2.44. The predicted octanol–water partition coefficient (Wildman–Crippen LogP) is 7.26. The Labute approximate surface area is 161 Å². The highest BCUT2D eigenvalue weighted by atomic mass is 28.4.